The molecule has 4 heteroatoms. The SMILES string of the molecule is NC1(CC(=O)OCc2cccc(Br)c2)CCCCC1. The van der Waals surface area contributed by atoms with Crippen LogP contribution >= 0.6 is 15.9 Å². The van der Waals surface area contributed by atoms with E-state index in [0.717, 1.165) is 35.7 Å². The van der Waals surface area contributed by atoms with Gasteiger partial charge in [-0.05, 0) is 30.5 Å². The van der Waals surface area contributed by atoms with E-state index in [-0.39, 0.29) is 11.5 Å². The molecule has 2 N–H and O–H groups in total. The van der Waals surface area contributed by atoms with Gasteiger partial charge in [0.1, 0.15) is 6.61 Å². The molecule has 2 rings (SSSR count). The number of hydrogen-bond donors (Lipinski definition) is 1. The van der Waals surface area contributed by atoms with Crippen LogP contribution in [-0.2, 0) is 16.1 Å². The molecule has 1 fully saturated rings. The number of benzene rings is 1. The van der Waals surface area contributed by atoms with Crippen LogP contribution in [0, 0.1) is 0 Å². The third-order valence-electron chi connectivity index (χ3n) is 3.63. The van der Waals surface area contributed by atoms with Crippen molar-refractivity contribution in [3.8, 4) is 0 Å². The largest absolute Gasteiger partial charge is 0.461 e. The maximum Gasteiger partial charge on any atom is 0.307 e. The molecule has 0 aliphatic heterocycles. The van der Waals surface area contributed by atoms with Crippen molar-refractivity contribution < 1.29 is 9.53 Å². The lowest BCUT2D eigenvalue weighted by molar-refractivity contribution is -0.146. The van der Waals surface area contributed by atoms with Crippen LogP contribution in [0.5, 0.6) is 0 Å². The molecule has 0 saturated heterocycles. The monoisotopic (exact) mass is 325 g/mol. The van der Waals surface area contributed by atoms with Crippen LogP contribution in [0.4, 0.5) is 0 Å². The normalized spacial score (nSPS) is 18.0. The predicted octanol–water partition coefficient (Wildman–Crippen LogP) is 3.54. The first kappa shape index (κ1) is 14.5. The molecule has 0 radical (unpaired) electrons. The van der Waals surface area contributed by atoms with Crippen LogP contribution < -0.4 is 5.73 Å². The Morgan fingerprint density at radius 3 is 2.74 bits per heavy atom. The van der Waals surface area contributed by atoms with Crippen LogP contribution in [0.1, 0.15) is 44.1 Å². The number of hydrogen-bond acceptors (Lipinski definition) is 3. The summed E-state index contributed by atoms with van der Waals surface area (Å²) in [5.74, 6) is -0.190. The van der Waals surface area contributed by atoms with E-state index in [1.54, 1.807) is 0 Å². The highest BCUT2D eigenvalue weighted by atomic mass is 79.9. The second kappa shape index (κ2) is 6.53. The Morgan fingerprint density at radius 2 is 2.05 bits per heavy atom. The maximum absolute atomic E-state index is 11.9. The van der Waals surface area contributed by atoms with Crippen molar-refractivity contribution in [2.45, 2.75) is 50.7 Å². The van der Waals surface area contributed by atoms with Crippen molar-refractivity contribution in [2.24, 2.45) is 5.73 Å². The van der Waals surface area contributed by atoms with Crippen molar-refractivity contribution in [2.75, 3.05) is 0 Å². The Bertz CT molecular complexity index is 442. The summed E-state index contributed by atoms with van der Waals surface area (Å²) in [4.78, 5) is 11.9. The van der Waals surface area contributed by atoms with Crippen LogP contribution in [0.25, 0.3) is 0 Å². The lowest BCUT2D eigenvalue weighted by atomic mass is 9.80. The van der Waals surface area contributed by atoms with Gasteiger partial charge in [-0.25, -0.2) is 0 Å². The van der Waals surface area contributed by atoms with Crippen molar-refractivity contribution in [3.05, 3.63) is 34.3 Å². The second-order valence-corrected chi connectivity index (χ2v) is 6.31. The van der Waals surface area contributed by atoms with E-state index in [1.807, 2.05) is 24.3 Å². The summed E-state index contributed by atoms with van der Waals surface area (Å²) in [6.45, 7) is 0.314. The summed E-state index contributed by atoms with van der Waals surface area (Å²) < 4.78 is 6.30. The third kappa shape index (κ3) is 4.62. The quantitative estimate of drug-likeness (QED) is 0.861. The van der Waals surface area contributed by atoms with E-state index in [4.69, 9.17) is 10.5 Å². The summed E-state index contributed by atoms with van der Waals surface area (Å²) in [6, 6.07) is 7.77. The van der Waals surface area contributed by atoms with Gasteiger partial charge in [0.15, 0.2) is 0 Å². The molecule has 1 aromatic carbocycles. The average Bonchev–Trinajstić information content (AvgIpc) is 2.37. The highest BCUT2D eigenvalue weighted by molar-refractivity contribution is 9.10. The van der Waals surface area contributed by atoms with Crippen molar-refractivity contribution in [1.29, 1.82) is 0 Å². The van der Waals surface area contributed by atoms with E-state index >= 15 is 0 Å². The molecule has 0 bridgehead atoms. The van der Waals surface area contributed by atoms with E-state index in [2.05, 4.69) is 15.9 Å². The Kier molecular flexibility index (Phi) is 4.99. The lowest BCUT2D eigenvalue weighted by Gasteiger charge is -2.32. The second-order valence-electron chi connectivity index (χ2n) is 5.39. The Balaban J connectivity index is 1.81. The zero-order valence-electron chi connectivity index (χ0n) is 11.0. The van der Waals surface area contributed by atoms with Gasteiger partial charge in [-0.2, -0.15) is 0 Å². The van der Waals surface area contributed by atoms with Crippen LogP contribution in [0.15, 0.2) is 28.7 Å². The molecule has 0 amide bonds. The number of ether oxygens (including phenoxy) is 1. The molecule has 0 atom stereocenters. The fourth-order valence-electron chi connectivity index (χ4n) is 2.56. The maximum atomic E-state index is 11.9. The molecular formula is C15H20BrNO2. The zero-order chi connectivity index (χ0) is 13.7. The first-order chi connectivity index (χ1) is 9.07. The molecule has 3 nitrogen and oxygen atoms in total. The van der Waals surface area contributed by atoms with Crippen LogP contribution in [0.3, 0.4) is 0 Å². The van der Waals surface area contributed by atoms with Gasteiger partial charge in [0.2, 0.25) is 0 Å². The van der Waals surface area contributed by atoms with Crippen LogP contribution in [0.2, 0.25) is 0 Å². The smallest absolute Gasteiger partial charge is 0.307 e. The Morgan fingerprint density at radius 1 is 1.32 bits per heavy atom. The predicted molar refractivity (Wildman–Crippen MR) is 78.6 cm³/mol. The summed E-state index contributed by atoms with van der Waals surface area (Å²) in [6.07, 6.45) is 5.66. The van der Waals surface area contributed by atoms with E-state index in [0.29, 0.717) is 13.0 Å². The highest BCUT2D eigenvalue weighted by Gasteiger charge is 2.30. The molecule has 1 aliphatic rings. The molecule has 0 spiro atoms. The van der Waals surface area contributed by atoms with Gasteiger partial charge in [-0.15, -0.1) is 0 Å². The molecule has 0 aromatic heterocycles. The summed E-state index contributed by atoms with van der Waals surface area (Å²) >= 11 is 3.40. The van der Waals surface area contributed by atoms with Gasteiger partial charge in [-0.3, -0.25) is 4.79 Å². The van der Waals surface area contributed by atoms with Crippen LogP contribution in [-0.4, -0.2) is 11.5 Å². The number of carbonyl (C=O) groups excluding carboxylic acids is 1. The molecule has 19 heavy (non-hydrogen) atoms. The molecule has 104 valence electrons. The number of rotatable bonds is 4. The lowest BCUT2D eigenvalue weighted by Crippen LogP contribution is -2.43. The highest BCUT2D eigenvalue weighted by Crippen LogP contribution is 2.29. The minimum absolute atomic E-state index is 0.190. The van der Waals surface area contributed by atoms with Gasteiger partial charge in [-0.1, -0.05) is 47.3 Å². The topological polar surface area (TPSA) is 52.3 Å². The first-order valence-electron chi connectivity index (χ1n) is 6.76. The molecule has 1 aromatic rings. The minimum atomic E-state index is -0.341. The Labute approximate surface area is 122 Å². The molecular weight excluding hydrogens is 306 g/mol. The summed E-state index contributed by atoms with van der Waals surface area (Å²) in [5.41, 5.74) is 6.89. The average molecular weight is 326 g/mol. The fourth-order valence-corrected chi connectivity index (χ4v) is 3.01. The molecule has 0 heterocycles. The third-order valence-corrected chi connectivity index (χ3v) is 4.13. The van der Waals surface area contributed by atoms with Gasteiger partial charge in [0.25, 0.3) is 0 Å². The summed E-state index contributed by atoms with van der Waals surface area (Å²) in [5, 5.41) is 0. The van der Waals surface area contributed by atoms with Gasteiger partial charge in [0.05, 0.1) is 6.42 Å². The standard InChI is InChI=1S/C15H20BrNO2/c16-13-6-4-5-12(9-13)11-19-14(18)10-15(17)7-2-1-3-8-15/h4-6,9H,1-3,7-8,10-11,17H2. The van der Waals surface area contributed by atoms with Crippen molar-refractivity contribution in [3.63, 3.8) is 0 Å². The summed E-state index contributed by atoms with van der Waals surface area (Å²) in [7, 11) is 0. The van der Waals surface area contributed by atoms with E-state index < -0.39 is 0 Å². The fraction of sp³-hybridized carbons (Fsp3) is 0.533. The van der Waals surface area contributed by atoms with Gasteiger partial charge in [0, 0.05) is 10.0 Å². The number of carbonyl (C=O) groups is 1. The van der Waals surface area contributed by atoms with Crippen molar-refractivity contribution >= 4 is 21.9 Å². The first-order valence-corrected chi connectivity index (χ1v) is 7.56. The van der Waals surface area contributed by atoms with Gasteiger partial charge < -0.3 is 10.5 Å². The van der Waals surface area contributed by atoms with Crippen molar-refractivity contribution in [1.82, 2.24) is 0 Å². The number of esters is 1. The zero-order valence-corrected chi connectivity index (χ0v) is 12.6. The van der Waals surface area contributed by atoms with E-state index in [9.17, 15) is 4.79 Å². The molecule has 1 aliphatic carbocycles. The van der Waals surface area contributed by atoms with Gasteiger partial charge >= 0.3 is 5.97 Å². The number of halogens is 1. The van der Waals surface area contributed by atoms with E-state index in [1.165, 1.54) is 6.42 Å². The molecule has 0 unspecified atom stereocenters. The molecule has 1 saturated carbocycles. The Hall–Kier alpha value is -0.870. The number of nitrogens with two attached hydrogens (primary N) is 1. The minimum Gasteiger partial charge on any atom is -0.461 e.